The topological polar surface area (TPSA) is 88.8 Å². The SMILES string of the molecule is CNc1cc(-c2cn[nH]c2)ccc1-c1nc2sc(N(C)C3CCN(C)C(C)C3)nc2[nH]1. The summed E-state index contributed by atoms with van der Waals surface area (Å²) in [6.45, 7) is 3.43. The van der Waals surface area contributed by atoms with Crippen LogP contribution in [0.15, 0.2) is 30.6 Å². The molecule has 4 aromatic rings. The number of rotatable bonds is 5. The number of hydrogen-bond donors (Lipinski definition) is 3. The predicted molar refractivity (Wildman–Crippen MR) is 128 cm³/mol. The summed E-state index contributed by atoms with van der Waals surface area (Å²) < 4.78 is 0. The molecule has 0 aliphatic carbocycles. The normalized spacial score (nSPS) is 19.7. The average molecular weight is 437 g/mol. The molecule has 0 bridgehead atoms. The van der Waals surface area contributed by atoms with Crippen LogP contribution in [0.25, 0.3) is 33.0 Å². The van der Waals surface area contributed by atoms with Gasteiger partial charge < -0.3 is 20.1 Å². The summed E-state index contributed by atoms with van der Waals surface area (Å²) in [5, 5.41) is 11.2. The highest BCUT2D eigenvalue weighted by molar-refractivity contribution is 7.21. The van der Waals surface area contributed by atoms with Gasteiger partial charge in [-0.1, -0.05) is 17.4 Å². The summed E-state index contributed by atoms with van der Waals surface area (Å²) in [6.07, 6.45) is 6.04. The van der Waals surface area contributed by atoms with Crippen molar-refractivity contribution < 1.29 is 0 Å². The van der Waals surface area contributed by atoms with Crippen molar-refractivity contribution in [3.8, 4) is 22.5 Å². The molecule has 9 heteroatoms. The number of fused-ring (bicyclic) bond motifs is 1. The van der Waals surface area contributed by atoms with E-state index in [0.29, 0.717) is 12.1 Å². The summed E-state index contributed by atoms with van der Waals surface area (Å²) in [4.78, 5) is 18.9. The van der Waals surface area contributed by atoms with Crippen LogP contribution < -0.4 is 10.2 Å². The Labute approximate surface area is 185 Å². The Bertz CT molecular complexity index is 1150. The number of likely N-dealkylation sites (tertiary alicyclic amines) is 1. The molecule has 31 heavy (non-hydrogen) atoms. The van der Waals surface area contributed by atoms with Crippen LogP contribution in [-0.4, -0.2) is 69.8 Å². The molecule has 162 valence electrons. The van der Waals surface area contributed by atoms with Crippen molar-refractivity contribution in [1.82, 2.24) is 30.0 Å². The number of aromatic nitrogens is 5. The summed E-state index contributed by atoms with van der Waals surface area (Å²) in [5.41, 5.74) is 5.05. The fraction of sp³-hybridized carbons (Fsp3) is 0.409. The van der Waals surface area contributed by atoms with E-state index >= 15 is 0 Å². The number of nitrogens with one attached hydrogen (secondary N) is 3. The fourth-order valence-electron chi connectivity index (χ4n) is 4.30. The Kier molecular flexibility index (Phi) is 5.15. The number of aromatic amines is 2. The zero-order valence-corrected chi connectivity index (χ0v) is 19.1. The second-order valence-corrected chi connectivity index (χ2v) is 9.31. The Morgan fingerprint density at radius 1 is 1.26 bits per heavy atom. The van der Waals surface area contributed by atoms with Gasteiger partial charge in [-0.25, -0.2) is 9.97 Å². The van der Waals surface area contributed by atoms with Gasteiger partial charge in [-0.15, -0.1) is 0 Å². The molecule has 1 fully saturated rings. The Hall–Kier alpha value is -2.91. The molecule has 1 aliphatic rings. The average Bonchev–Trinajstić information content (AvgIpc) is 3.51. The first kappa shape index (κ1) is 20.0. The highest BCUT2D eigenvalue weighted by atomic mass is 32.1. The molecule has 2 atom stereocenters. The Morgan fingerprint density at radius 2 is 2.13 bits per heavy atom. The molecule has 3 N–H and O–H groups in total. The number of piperidine rings is 1. The maximum atomic E-state index is 4.87. The van der Waals surface area contributed by atoms with Gasteiger partial charge in [0.1, 0.15) is 5.82 Å². The lowest BCUT2D eigenvalue weighted by Crippen LogP contribution is -2.46. The van der Waals surface area contributed by atoms with Crippen LogP contribution in [0.3, 0.4) is 0 Å². The second kappa shape index (κ2) is 7.97. The number of anilines is 2. The summed E-state index contributed by atoms with van der Waals surface area (Å²) in [7, 11) is 6.30. The Balaban J connectivity index is 1.41. The van der Waals surface area contributed by atoms with Crippen LogP contribution in [0, 0.1) is 0 Å². The van der Waals surface area contributed by atoms with E-state index in [4.69, 9.17) is 9.97 Å². The zero-order valence-electron chi connectivity index (χ0n) is 18.3. The number of benzene rings is 1. The third-order valence-corrected chi connectivity index (χ3v) is 7.49. The van der Waals surface area contributed by atoms with Gasteiger partial charge in [0.05, 0.1) is 6.20 Å². The quantitative estimate of drug-likeness (QED) is 0.438. The van der Waals surface area contributed by atoms with Gasteiger partial charge in [0.25, 0.3) is 0 Å². The molecule has 2 unspecified atom stereocenters. The van der Waals surface area contributed by atoms with Gasteiger partial charge in [0, 0.05) is 55.7 Å². The van der Waals surface area contributed by atoms with E-state index in [1.165, 1.54) is 0 Å². The lowest BCUT2D eigenvalue weighted by molar-refractivity contribution is 0.181. The molecule has 0 spiro atoms. The van der Waals surface area contributed by atoms with E-state index in [2.05, 4.69) is 69.5 Å². The number of imidazole rings is 1. The molecule has 1 aliphatic heterocycles. The first-order valence-corrected chi connectivity index (χ1v) is 11.5. The maximum Gasteiger partial charge on any atom is 0.189 e. The standard InChI is InChI=1S/C22H28N8S/c1-13-9-16(7-8-29(13)3)30(4)22-28-20-21(31-22)27-19(26-20)17-6-5-14(10-18(17)23-2)15-11-24-25-12-15/h5-6,10-13,16,23H,7-9H2,1-4H3,(H,24,25)(H,26,27). The van der Waals surface area contributed by atoms with E-state index in [-0.39, 0.29) is 0 Å². The van der Waals surface area contributed by atoms with Gasteiger partial charge >= 0.3 is 0 Å². The van der Waals surface area contributed by atoms with Gasteiger partial charge in [0.15, 0.2) is 15.6 Å². The van der Waals surface area contributed by atoms with Crippen molar-refractivity contribution in [2.24, 2.45) is 0 Å². The first-order valence-electron chi connectivity index (χ1n) is 10.6. The molecule has 1 aromatic carbocycles. The van der Waals surface area contributed by atoms with Gasteiger partial charge in [-0.3, -0.25) is 5.10 Å². The molecule has 3 aromatic heterocycles. The van der Waals surface area contributed by atoms with E-state index in [1.807, 2.05) is 19.4 Å². The third kappa shape index (κ3) is 3.68. The molecule has 4 heterocycles. The van der Waals surface area contributed by atoms with Crippen LogP contribution >= 0.6 is 11.3 Å². The number of thiazole rings is 1. The van der Waals surface area contributed by atoms with Crippen LogP contribution in [0.5, 0.6) is 0 Å². The van der Waals surface area contributed by atoms with Crippen LogP contribution in [0.2, 0.25) is 0 Å². The molecule has 0 amide bonds. The van der Waals surface area contributed by atoms with Crippen molar-refractivity contribution in [2.45, 2.75) is 31.8 Å². The lowest BCUT2D eigenvalue weighted by atomic mass is 9.98. The van der Waals surface area contributed by atoms with Crippen molar-refractivity contribution in [3.05, 3.63) is 30.6 Å². The van der Waals surface area contributed by atoms with Crippen LogP contribution in [0.4, 0.5) is 10.8 Å². The number of hydrogen-bond acceptors (Lipinski definition) is 7. The Morgan fingerprint density at radius 3 is 2.84 bits per heavy atom. The molecular weight excluding hydrogens is 408 g/mol. The number of H-pyrrole nitrogens is 2. The summed E-state index contributed by atoms with van der Waals surface area (Å²) in [5.74, 6) is 0.832. The highest BCUT2D eigenvalue weighted by Gasteiger charge is 2.27. The maximum absolute atomic E-state index is 4.87. The van der Waals surface area contributed by atoms with E-state index in [9.17, 15) is 0 Å². The smallest absolute Gasteiger partial charge is 0.189 e. The van der Waals surface area contributed by atoms with Gasteiger partial charge in [-0.05, 0) is 44.5 Å². The van der Waals surface area contributed by atoms with E-state index in [1.54, 1.807) is 11.3 Å². The molecular formula is C22H28N8S. The zero-order chi connectivity index (χ0) is 21.5. The molecule has 0 radical (unpaired) electrons. The monoisotopic (exact) mass is 436 g/mol. The molecule has 8 nitrogen and oxygen atoms in total. The minimum Gasteiger partial charge on any atom is -0.388 e. The summed E-state index contributed by atoms with van der Waals surface area (Å²) in [6, 6.07) is 7.41. The summed E-state index contributed by atoms with van der Waals surface area (Å²) >= 11 is 1.66. The minimum absolute atomic E-state index is 0.521. The largest absolute Gasteiger partial charge is 0.388 e. The van der Waals surface area contributed by atoms with Crippen molar-refractivity contribution in [3.63, 3.8) is 0 Å². The fourth-order valence-corrected chi connectivity index (χ4v) is 5.23. The van der Waals surface area contributed by atoms with Crippen LogP contribution in [-0.2, 0) is 0 Å². The third-order valence-electron chi connectivity index (χ3n) is 6.45. The highest BCUT2D eigenvalue weighted by Crippen LogP contribution is 2.35. The molecule has 0 saturated carbocycles. The van der Waals surface area contributed by atoms with Gasteiger partial charge in [0.2, 0.25) is 0 Å². The molecule has 1 saturated heterocycles. The van der Waals surface area contributed by atoms with Crippen LogP contribution in [0.1, 0.15) is 19.8 Å². The van der Waals surface area contributed by atoms with Gasteiger partial charge in [-0.2, -0.15) is 5.10 Å². The molecule has 5 rings (SSSR count). The van der Waals surface area contributed by atoms with Crippen molar-refractivity contribution in [2.75, 3.05) is 37.9 Å². The predicted octanol–water partition coefficient (Wildman–Crippen LogP) is 4.04. The van der Waals surface area contributed by atoms with Crippen molar-refractivity contribution in [1.29, 1.82) is 0 Å². The number of nitrogens with zero attached hydrogens (tertiary/aromatic N) is 5. The first-order chi connectivity index (χ1) is 15.0. The minimum atomic E-state index is 0.521. The van der Waals surface area contributed by atoms with Crippen molar-refractivity contribution >= 4 is 32.6 Å². The second-order valence-electron chi connectivity index (χ2n) is 8.35. The lowest BCUT2D eigenvalue weighted by Gasteiger charge is -2.39. The van der Waals surface area contributed by atoms with E-state index in [0.717, 1.165) is 63.2 Å². The van der Waals surface area contributed by atoms with E-state index < -0.39 is 0 Å².